The smallest absolute Gasteiger partial charge is 0.433 e. The van der Waals surface area contributed by atoms with Crippen LogP contribution in [0.4, 0.5) is 18.9 Å². The van der Waals surface area contributed by atoms with Crippen molar-refractivity contribution in [1.29, 1.82) is 0 Å². The van der Waals surface area contributed by atoms with Crippen LogP contribution in [0.2, 0.25) is 0 Å². The number of hydrogen-bond donors (Lipinski definition) is 1. The van der Waals surface area contributed by atoms with Gasteiger partial charge in [-0.05, 0) is 36.6 Å². The molecule has 1 atom stereocenters. The first-order valence-corrected chi connectivity index (χ1v) is 8.66. The second-order valence-electron chi connectivity index (χ2n) is 6.50. The largest absolute Gasteiger partial charge is 0.477 e. The van der Waals surface area contributed by atoms with Crippen LogP contribution in [0.5, 0.6) is 5.88 Å². The average Bonchev–Trinajstić information content (AvgIpc) is 2.66. The van der Waals surface area contributed by atoms with Crippen molar-refractivity contribution < 1.29 is 17.9 Å². The molecular weight excluding hydrogens is 343 g/mol. The molecule has 3 rings (SSSR count). The molecule has 1 aliphatic heterocycles. The summed E-state index contributed by atoms with van der Waals surface area (Å²) >= 11 is 0. The summed E-state index contributed by atoms with van der Waals surface area (Å²) in [7, 11) is 0. The quantitative estimate of drug-likeness (QED) is 0.874. The van der Waals surface area contributed by atoms with Crippen LogP contribution in [0.25, 0.3) is 0 Å². The van der Waals surface area contributed by atoms with E-state index in [-0.39, 0.29) is 18.3 Å². The Morgan fingerprint density at radius 3 is 2.65 bits per heavy atom. The first-order chi connectivity index (χ1) is 12.5. The summed E-state index contributed by atoms with van der Waals surface area (Å²) in [5, 5.41) is 0. The maximum absolute atomic E-state index is 13.0. The molecule has 2 heterocycles. The van der Waals surface area contributed by atoms with Crippen LogP contribution < -0.4 is 15.4 Å². The standard InChI is InChI=1S/C19H22F3N3O/c20-19(21,22)17-9-15(11-23)10-18(24-17)26-13-14-5-4-8-25(12-14)16-6-2-1-3-7-16/h1-3,6-7,9-10,14H,4-5,8,11-13,23H2/t14-/m0/s1. The van der Waals surface area contributed by atoms with E-state index < -0.39 is 11.9 Å². The molecule has 0 radical (unpaired) electrons. The van der Waals surface area contributed by atoms with Crippen molar-refractivity contribution in [1.82, 2.24) is 4.98 Å². The third-order valence-electron chi connectivity index (χ3n) is 4.50. The predicted molar refractivity (Wildman–Crippen MR) is 94.0 cm³/mol. The minimum atomic E-state index is -4.52. The molecular formula is C19H22F3N3O. The van der Waals surface area contributed by atoms with Gasteiger partial charge in [0, 0.05) is 37.3 Å². The highest BCUT2D eigenvalue weighted by Gasteiger charge is 2.33. The highest BCUT2D eigenvalue weighted by Crippen LogP contribution is 2.30. The number of nitrogens with zero attached hydrogens (tertiary/aromatic N) is 2. The van der Waals surface area contributed by atoms with Gasteiger partial charge in [-0.3, -0.25) is 0 Å². The highest BCUT2D eigenvalue weighted by molar-refractivity contribution is 5.46. The molecule has 1 saturated heterocycles. The van der Waals surface area contributed by atoms with E-state index in [0.29, 0.717) is 12.2 Å². The van der Waals surface area contributed by atoms with E-state index in [9.17, 15) is 13.2 Å². The highest BCUT2D eigenvalue weighted by atomic mass is 19.4. The first kappa shape index (κ1) is 18.5. The molecule has 0 saturated carbocycles. The number of pyridine rings is 1. The van der Waals surface area contributed by atoms with Gasteiger partial charge in [-0.25, -0.2) is 4.98 Å². The van der Waals surface area contributed by atoms with Crippen LogP contribution in [-0.2, 0) is 12.7 Å². The molecule has 2 N–H and O–H groups in total. The monoisotopic (exact) mass is 365 g/mol. The van der Waals surface area contributed by atoms with Crippen molar-refractivity contribution in [2.75, 3.05) is 24.6 Å². The van der Waals surface area contributed by atoms with Gasteiger partial charge >= 0.3 is 6.18 Å². The van der Waals surface area contributed by atoms with Crippen LogP contribution in [0.1, 0.15) is 24.1 Å². The van der Waals surface area contributed by atoms with E-state index >= 15 is 0 Å². The van der Waals surface area contributed by atoms with Crippen molar-refractivity contribution in [2.24, 2.45) is 11.7 Å². The molecule has 0 bridgehead atoms. The summed E-state index contributed by atoms with van der Waals surface area (Å²) in [5.74, 6) is 0.221. The zero-order valence-electron chi connectivity index (χ0n) is 14.4. The van der Waals surface area contributed by atoms with Crippen molar-refractivity contribution >= 4 is 5.69 Å². The third kappa shape index (κ3) is 4.66. The van der Waals surface area contributed by atoms with Crippen LogP contribution in [0.3, 0.4) is 0 Å². The lowest BCUT2D eigenvalue weighted by molar-refractivity contribution is -0.141. The summed E-state index contributed by atoms with van der Waals surface area (Å²) in [6.45, 7) is 2.13. The molecule has 7 heteroatoms. The Labute approximate surface area is 150 Å². The number of aromatic nitrogens is 1. The van der Waals surface area contributed by atoms with Gasteiger partial charge in [0.15, 0.2) is 0 Å². The Bertz CT molecular complexity index is 722. The Hall–Kier alpha value is -2.28. The minimum absolute atomic E-state index is 0.00712. The van der Waals surface area contributed by atoms with E-state index in [4.69, 9.17) is 10.5 Å². The number of ether oxygens (including phenoxy) is 1. The molecule has 1 aromatic heterocycles. The summed E-state index contributed by atoms with van der Waals surface area (Å²) in [5.41, 5.74) is 6.04. The molecule has 0 amide bonds. The number of anilines is 1. The minimum Gasteiger partial charge on any atom is -0.477 e. The molecule has 2 aromatic rings. The second kappa shape index (κ2) is 7.95. The zero-order valence-corrected chi connectivity index (χ0v) is 14.4. The molecule has 1 aliphatic rings. The predicted octanol–water partition coefficient (Wildman–Crippen LogP) is 3.85. The number of piperidine rings is 1. The third-order valence-corrected chi connectivity index (χ3v) is 4.50. The fourth-order valence-electron chi connectivity index (χ4n) is 3.17. The average molecular weight is 365 g/mol. The number of halogens is 3. The maximum Gasteiger partial charge on any atom is 0.433 e. The molecule has 0 unspecified atom stereocenters. The van der Waals surface area contributed by atoms with Crippen LogP contribution >= 0.6 is 0 Å². The lowest BCUT2D eigenvalue weighted by Crippen LogP contribution is -2.37. The van der Waals surface area contributed by atoms with Crippen LogP contribution in [0.15, 0.2) is 42.5 Å². The summed E-state index contributed by atoms with van der Waals surface area (Å²) in [4.78, 5) is 5.88. The van der Waals surface area contributed by atoms with Gasteiger partial charge in [-0.2, -0.15) is 13.2 Å². The first-order valence-electron chi connectivity index (χ1n) is 8.66. The zero-order chi connectivity index (χ0) is 18.6. The van der Waals surface area contributed by atoms with E-state index in [1.54, 1.807) is 0 Å². The Morgan fingerprint density at radius 2 is 1.96 bits per heavy atom. The number of para-hydroxylation sites is 1. The molecule has 4 nitrogen and oxygen atoms in total. The maximum atomic E-state index is 13.0. The Kier molecular flexibility index (Phi) is 5.66. The van der Waals surface area contributed by atoms with Gasteiger partial charge in [0.1, 0.15) is 5.69 Å². The van der Waals surface area contributed by atoms with Crippen LogP contribution in [0, 0.1) is 5.92 Å². The summed E-state index contributed by atoms with van der Waals surface area (Å²) < 4.78 is 44.5. The second-order valence-corrected chi connectivity index (χ2v) is 6.50. The summed E-state index contributed by atoms with van der Waals surface area (Å²) in [6.07, 6.45) is -2.52. The van der Waals surface area contributed by atoms with Crippen molar-refractivity contribution in [3.63, 3.8) is 0 Å². The SMILES string of the molecule is NCc1cc(OC[C@H]2CCCN(c3ccccc3)C2)nc(C(F)(F)F)c1. The fraction of sp³-hybridized carbons (Fsp3) is 0.421. The number of benzene rings is 1. The van der Waals surface area contributed by atoms with Gasteiger partial charge in [0.2, 0.25) is 5.88 Å². The van der Waals surface area contributed by atoms with Gasteiger partial charge < -0.3 is 15.4 Å². The lowest BCUT2D eigenvalue weighted by atomic mass is 9.98. The molecule has 26 heavy (non-hydrogen) atoms. The lowest BCUT2D eigenvalue weighted by Gasteiger charge is -2.34. The van der Waals surface area contributed by atoms with Gasteiger partial charge in [-0.15, -0.1) is 0 Å². The van der Waals surface area contributed by atoms with E-state index in [0.717, 1.165) is 37.7 Å². The molecule has 1 aromatic carbocycles. The van der Waals surface area contributed by atoms with E-state index in [2.05, 4.69) is 22.0 Å². The van der Waals surface area contributed by atoms with Crippen molar-refractivity contribution in [3.05, 3.63) is 53.7 Å². The number of nitrogens with two attached hydrogens (primary N) is 1. The van der Waals surface area contributed by atoms with Gasteiger partial charge in [0.25, 0.3) is 0 Å². The number of hydrogen-bond acceptors (Lipinski definition) is 4. The molecule has 1 fully saturated rings. The van der Waals surface area contributed by atoms with Crippen molar-refractivity contribution in [3.8, 4) is 5.88 Å². The number of alkyl halides is 3. The molecule has 140 valence electrons. The fourth-order valence-corrected chi connectivity index (χ4v) is 3.17. The Morgan fingerprint density at radius 1 is 1.19 bits per heavy atom. The van der Waals surface area contributed by atoms with Gasteiger partial charge in [0.05, 0.1) is 6.61 Å². The Balaban J connectivity index is 1.65. The molecule has 0 spiro atoms. The normalized spacial score (nSPS) is 18.0. The molecule has 0 aliphatic carbocycles. The van der Waals surface area contributed by atoms with Crippen molar-refractivity contribution in [2.45, 2.75) is 25.6 Å². The number of rotatable bonds is 5. The topological polar surface area (TPSA) is 51.4 Å². The van der Waals surface area contributed by atoms with Gasteiger partial charge in [-0.1, -0.05) is 18.2 Å². The van der Waals surface area contributed by atoms with E-state index in [1.807, 2.05) is 18.2 Å². The summed E-state index contributed by atoms with van der Waals surface area (Å²) in [6, 6.07) is 12.5. The van der Waals surface area contributed by atoms with E-state index in [1.165, 1.54) is 6.07 Å². The van der Waals surface area contributed by atoms with Crippen LogP contribution in [-0.4, -0.2) is 24.7 Å².